The molecule has 154 valence electrons. The number of piperazine rings is 1. The third-order valence-corrected chi connectivity index (χ3v) is 4.95. The molecular weight excluding hydrogens is 396 g/mol. The van der Waals surface area contributed by atoms with Crippen LogP contribution in [0.5, 0.6) is 17.2 Å². The van der Waals surface area contributed by atoms with Gasteiger partial charge in [-0.1, -0.05) is 11.6 Å². The summed E-state index contributed by atoms with van der Waals surface area (Å²) >= 11 is 5.84. The van der Waals surface area contributed by atoms with Crippen molar-refractivity contribution in [3.05, 3.63) is 53.1 Å². The predicted molar refractivity (Wildman–Crippen MR) is 109 cm³/mol. The van der Waals surface area contributed by atoms with Gasteiger partial charge in [-0.3, -0.25) is 9.59 Å². The minimum Gasteiger partial charge on any atom is -0.497 e. The van der Waals surface area contributed by atoms with Gasteiger partial charge in [-0.25, -0.2) is 0 Å². The van der Waals surface area contributed by atoms with Crippen LogP contribution in [0.15, 0.2) is 42.5 Å². The van der Waals surface area contributed by atoms with Gasteiger partial charge in [0.2, 0.25) is 0 Å². The number of carbonyl (C=O) groups is 2. The first kappa shape index (κ1) is 20.8. The number of hydrogen-bond acceptors (Lipinski definition) is 5. The van der Waals surface area contributed by atoms with Crippen LogP contribution in [0.4, 0.5) is 0 Å². The van der Waals surface area contributed by atoms with Crippen molar-refractivity contribution in [3.63, 3.8) is 0 Å². The molecule has 1 saturated heterocycles. The molecule has 2 amide bonds. The van der Waals surface area contributed by atoms with E-state index in [1.54, 1.807) is 66.5 Å². The van der Waals surface area contributed by atoms with E-state index < -0.39 is 0 Å². The summed E-state index contributed by atoms with van der Waals surface area (Å²) < 4.78 is 16.0. The quantitative estimate of drug-likeness (QED) is 0.721. The molecular formula is C21H23ClN2O5. The molecule has 29 heavy (non-hydrogen) atoms. The number of benzene rings is 2. The molecule has 0 atom stereocenters. The van der Waals surface area contributed by atoms with Gasteiger partial charge in [-0.05, 0) is 36.4 Å². The van der Waals surface area contributed by atoms with E-state index in [1.165, 1.54) is 0 Å². The van der Waals surface area contributed by atoms with Gasteiger partial charge in [0.05, 0.1) is 14.2 Å². The maximum Gasteiger partial charge on any atom is 0.260 e. The van der Waals surface area contributed by atoms with Gasteiger partial charge in [0.25, 0.3) is 11.8 Å². The van der Waals surface area contributed by atoms with Crippen LogP contribution in [0, 0.1) is 0 Å². The highest BCUT2D eigenvalue weighted by molar-refractivity contribution is 6.30. The van der Waals surface area contributed by atoms with E-state index in [1.807, 2.05) is 0 Å². The first-order valence-corrected chi connectivity index (χ1v) is 9.56. The molecule has 7 nitrogen and oxygen atoms in total. The topological polar surface area (TPSA) is 68.3 Å². The van der Waals surface area contributed by atoms with Crippen LogP contribution >= 0.6 is 11.6 Å². The maximum absolute atomic E-state index is 12.8. The van der Waals surface area contributed by atoms with E-state index in [-0.39, 0.29) is 18.4 Å². The molecule has 1 heterocycles. The number of nitrogens with zero attached hydrogens (tertiary/aromatic N) is 2. The Hall–Kier alpha value is -2.93. The normalized spacial score (nSPS) is 13.8. The molecule has 1 fully saturated rings. The van der Waals surface area contributed by atoms with Crippen molar-refractivity contribution >= 4 is 23.4 Å². The highest BCUT2D eigenvalue weighted by Gasteiger charge is 2.25. The molecule has 1 aliphatic rings. The van der Waals surface area contributed by atoms with E-state index in [9.17, 15) is 9.59 Å². The summed E-state index contributed by atoms with van der Waals surface area (Å²) in [5, 5.41) is 0.609. The summed E-state index contributed by atoms with van der Waals surface area (Å²) in [6.45, 7) is 1.75. The third kappa shape index (κ3) is 5.32. The van der Waals surface area contributed by atoms with Crippen LogP contribution in [0.3, 0.4) is 0 Å². The molecule has 0 radical (unpaired) electrons. The van der Waals surface area contributed by atoms with Crippen molar-refractivity contribution in [3.8, 4) is 17.2 Å². The summed E-state index contributed by atoms with van der Waals surface area (Å²) in [7, 11) is 3.08. The fourth-order valence-electron chi connectivity index (χ4n) is 3.04. The Balaban J connectivity index is 1.53. The summed E-state index contributed by atoms with van der Waals surface area (Å²) in [6.07, 6.45) is 0. The van der Waals surface area contributed by atoms with E-state index in [0.29, 0.717) is 54.0 Å². The molecule has 0 aromatic heterocycles. The second-order valence-corrected chi connectivity index (χ2v) is 6.95. The Labute approximate surface area is 174 Å². The van der Waals surface area contributed by atoms with Gasteiger partial charge < -0.3 is 24.0 Å². The minimum atomic E-state index is -0.119. The zero-order valence-corrected chi connectivity index (χ0v) is 17.1. The van der Waals surface area contributed by atoms with Gasteiger partial charge in [0, 0.05) is 42.8 Å². The van der Waals surface area contributed by atoms with E-state index in [2.05, 4.69) is 0 Å². The summed E-state index contributed by atoms with van der Waals surface area (Å²) in [5.41, 5.74) is 0.493. The van der Waals surface area contributed by atoms with Gasteiger partial charge in [-0.2, -0.15) is 0 Å². The fraction of sp³-hybridized carbons (Fsp3) is 0.333. The molecule has 8 heteroatoms. The van der Waals surface area contributed by atoms with Crippen molar-refractivity contribution in [1.29, 1.82) is 0 Å². The number of halogens is 1. The smallest absolute Gasteiger partial charge is 0.260 e. The van der Waals surface area contributed by atoms with Gasteiger partial charge in [-0.15, -0.1) is 0 Å². The van der Waals surface area contributed by atoms with Crippen molar-refractivity contribution in [2.75, 3.05) is 47.0 Å². The molecule has 0 bridgehead atoms. The lowest BCUT2D eigenvalue weighted by Crippen LogP contribution is -2.51. The number of hydrogen-bond donors (Lipinski definition) is 0. The Morgan fingerprint density at radius 3 is 1.97 bits per heavy atom. The number of methoxy groups -OCH3 is 2. The number of rotatable bonds is 6. The van der Waals surface area contributed by atoms with Crippen molar-refractivity contribution in [1.82, 2.24) is 9.80 Å². The van der Waals surface area contributed by atoms with Crippen LogP contribution in [0.2, 0.25) is 5.02 Å². The summed E-state index contributed by atoms with van der Waals surface area (Å²) in [4.78, 5) is 28.6. The maximum atomic E-state index is 12.8. The first-order valence-electron chi connectivity index (χ1n) is 9.18. The lowest BCUT2D eigenvalue weighted by molar-refractivity contribution is -0.134. The lowest BCUT2D eigenvalue weighted by atomic mass is 10.1. The predicted octanol–water partition coefficient (Wildman–Crippen LogP) is 2.72. The van der Waals surface area contributed by atoms with E-state index >= 15 is 0 Å². The average Bonchev–Trinajstić information content (AvgIpc) is 2.77. The van der Waals surface area contributed by atoms with Crippen molar-refractivity contribution < 1.29 is 23.8 Å². The van der Waals surface area contributed by atoms with Crippen LogP contribution in [-0.4, -0.2) is 68.6 Å². The Kier molecular flexibility index (Phi) is 6.82. The largest absolute Gasteiger partial charge is 0.497 e. The molecule has 2 aromatic rings. The Morgan fingerprint density at radius 2 is 1.41 bits per heavy atom. The summed E-state index contributed by atoms with van der Waals surface area (Å²) in [5.74, 6) is 1.46. The van der Waals surface area contributed by atoms with Gasteiger partial charge >= 0.3 is 0 Å². The standard InChI is InChI=1S/C21H23ClN2O5/c1-27-18-11-15(12-19(13-18)28-2)21(26)24-9-7-23(8-10-24)20(25)14-29-17-5-3-16(22)4-6-17/h3-6,11-13H,7-10,14H2,1-2H3. The van der Waals surface area contributed by atoms with Crippen LogP contribution < -0.4 is 14.2 Å². The first-order chi connectivity index (χ1) is 14.0. The SMILES string of the molecule is COc1cc(OC)cc(C(=O)N2CCN(C(=O)COc3ccc(Cl)cc3)CC2)c1. The third-order valence-electron chi connectivity index (χ3n) is 4.69. The molecule has 1 aliphatic heterocycles. The van der Waals surface area contributed by atoms with E-state index in [4.69, 9.17) is 25.8 Å². The molecule has 0 spiro atoms. The minimum absolute atomic E-state index is 0.0529. The monoisotopic (exact) mass is 418 g/mol. The van der Waals surface area contributed by atoms with E-state index in [0.717, 1.165) is 0 Å². The van der Waals surface area contributed by atoms with Crippen LogP contribution in [0.25, 0.3) is 0 Å². The van der Waals surface area contributed by atoms with Gasteiger partial charge in [0.1, 0.15) is 17.2 Å². The second-order valence-electron chi connectivity index (χ2n) is 6.52. The zero-order chi connectivity index (χ0) is 20.8. The zero-order valence-electron chi connectivity index (χ0n) is 16.4. The Bertz CT molecular complexity index is 842. The number of amides is 2. The number of carbonyl (C=O) groups excluding carboxylic acids is 2. The highest BCUT2D eigenvalue weighted by Crippen LogP contribution is 2.24. The fourth-order valence-corrected chi connectivity index (χ4v) is 3.17. The Morgan fingerprint density at radius 1 is 0.862 bits per heavy atom. The van der Waals surface area contributed by atoms with Gasteiger partial charge in [0.15, 0.2) is 6.61 Å². The average molecular weight is 419 g/mol. The highest BCUT2D eigenvalue weighted by atomic mass is 35.5. The molecule has 0 N–H and O–H groups in total. The van der Waals surface area contributed by atoms with Crippen molar-refractivity contribution in [2.24, 2.45) is 0 Å². The molecule has 3 rings (SSSR count). The van der Waals surface area contributed by atoms with Crippen LogP contribution in [-0.2, 0) is 4.79 Å². The number of ether oxygens (including phenoxy) is 3. The van der Waals surface area contributed by atoms with Crippen LogP contribution in [0.1, 0.15) is 10.4 Å². The summed E-state index contributed by atoms with van der Waals surface area (Å²) in [6, 6.07) is 11.9. The lowest BCUT2D eigenvalue weighted by Gasteiger charge is -2.34. The molecule has 0 unspecified atom stereocenters. The molecule has 2 aromatic carbocycles. The molecule has 0 saturated carbocycles. The second kappa shape index (κ2) is 9.52. The molecule has 0 aliphatic carbocycles. The van der Waals surface area contributed by atoms with Crippen molar-refractivity contribution in [2.45, 2.75) is 0 Å².